The second-order valence-corrected chi connectivity index (χ2v) is 5.46. The molecule has 6 nitrogen and oxygen atoms in total. The Kier molecular flexibility index (Phi) is 3.81. The predicted octanol–water partition coefficient (Wildman–Crippen LogP) is -0.802. The molecule has 2 amide bonds. The molecule has 0 aliphatic carbocycles. The number of morpholine rings is 1. The first-order chi connectivity index (χ1) is 9.25. The summed E-state index contributed by atoms with van der Waals surface area (Å²) in [5.41, 5.74) is 0. The normalized spacial score (nSPS) is 32.1. The van der Waals surface area contributed by atoms with Gasteiger partial charge in [0.05, 0.1) is 0 Å². The largest absolute Gasteiger partial charge is 0.355 e. The van der Waals surface area contributed by atoms with Gasteiger partial charge in [-0.15, -0.1) is 0 Å². The maximum atomic E-state index is 12.0. The number of carbonyl (C=O) groups is 2. The van der Waals surface area contributed by atoms with Gasteiger partial charge in [-0.2, -0.15) is 0 Å². The number of amides is 2. The van der Waals surface area contributed by atoms with E-state index in [-0.39, 0.29) is 24.0 Å². The summed E-state index contributed by atoms with van der Waals surface area (Å²) in [5.74, 6) is -0.252. The molecule has 2 atom stereocenters. The van der Waals surface area contributed by atoms with Crippen molar-refractivity contribution in [1.82, 2.24) is 15.1 Å². The van der Waals surface area contributed by atoms with E-state index in [1.165, 1.54) is 4.90 Å². The number of ether oxygens (including phenoxy) is 1. The lowest BCUT2D eigenvalue weighted by Gasteiger charge is -2.31. The molecule has 0 spiro atoms. The number of nitrogens with one attached hydrogen (secondary N) is 1. The van der Waals surface area contributed by atoms with Gasteiger partial charge < -0.3 is 15.0 Å². The van der Waals surface area contributed by atoms with Crippen LogP contribution in [0, 0.1) is 0 Å². The van der Waals surface area contributed by atoms with Crippen molar-refractivity contribution >= 4 is 11.8 Å². The number of imide groups is 1. The number of rotatable bonds is 4. The van der Waals surface area contributed by atoms with E-state index in [1.807, 2.05) is 0 Å². The number of hydrogen-bond donors (Lipinski definition) is 1. The Morgan fingerprint density at radius 3 is 2.32 bits per heavy atom. The predicted molar refractivity (Wildman–Crippen MR) is 68.5 cm³/mol. The molecule has 3 fully saturated rings. The number of fused-ring (bicyclic) bond motifs is 2. The van der Waals surface area contributed by atoms with Crippen molar-refractivity contribution in [2.24, 2.45) is 0 Å². The monoisotopic (exact) mass is 267 g/mol. The molecular weight excluding hydrogens is 246 g/mol. The summed E-state index contributed by atoms with van der Waals surface area (Å²) in [7, 11) is 0. The lowest BCUT2D eigenvalue weighted by atomic mass is 10.2. The van der Waals surface area contributed by atoms with Gasteiger partial charge in [-0.1, -0.05) is 0 Å². The molecule has 106 valence electrons. The molecule has 0 radical (unpaired) electrons. The molecule has 3 aliphatic heterocycles. The molecule has 3 rings (SSSR count). The third-order valence-corrected chi connectivity index (χ3v) is 4.17. The Balaban J connectivity index is 1.49. The highest BCUT2D eigenvalue weighted by Crippen LogP contribution is 2.28. The van der Waals surface area contributed by atoms with Crippen LogP contribution in [0.15, 0.2) is 0 Å². The van der Waals surface area contributed by atoms with Gasteiger partial charge in [0.25, 0.3) is 11.8 Å². The van der Waals surface area contributed by atoms with Gasteiger partial charge in [-0.05, 0) is 25.8 Å². The lowest BCUT2D eigenvalue weighted by molar-refractivity contribution is -0.168. The van der Waals surface area contributed by atoms with Crippen LogP contribution in [0.1, 0.15) is 19.3 Å². The second kappa shape index (κ2) is 5.56. The first-order valence-corrected chi connectivity index (χ1v) is 7.19. The Morgan fingerprint density at radius 2 is 1.68 bits per heavy atom. The minimum absolute atomic E-state index is 0.126. The summed E-state index contributed by atoms with van der Waals surface area (Å²) >= 11 is 0. The zero-order valence-corrected chi connectivity index (χ0v) is 11.1. The third-order valence-electron chi connectivity index (χ3n) is 4.17. The first-order valence-electron chi connectivity index (χ1n) is 7.19. The summed E-state index contributed by atoms with van der Waals surface area (Å²) in [6.07, 6.45) is 1.54. The van der Waals surface area contributed by atoms with E-state index in [0.29, 0.717) is 19.4 Å². The van der Waals surface area contributed by atoms with E-state index >= 15 is 0 Å². The van der Waals surface area contributed by atoms with E-state index in [1.54, 1.807) is 0 Å². The number of likely N-dealkylation sites (tertiary alicyclic amines) is 1. The Hall–Kier alpha value is -0.980. The maximum Gasteiger partial charge on any atom is 0.258 e. The zero-order chi connectivity index (χ0) is 13.2. The maximum absolute atomic E-state index is 12.0. The van der Waals surface area contributed by atoms with E-state index in [9.17, 15) is 9.59 Å². The van der Waals surface area contributed by atoms with Crippen LogP contribution in [-0.2, 0) is 14.3 Å². The smallest absolute Gasteiger partial charge is 0.258 e. The molecule has 0 aromatic carbocycles. The standard InChI is InChI=1S/C13H21N3O3/c17-12-10-2-3-11(19-10)13(18)16(12)7-1-6-15-8-4-14-5-9-15/h10-11,14H,1-9H2. The molecule has 0 saturated carbocycles. The van der Waals surface area contributed by atoms with Crippen molar-refractivity contribution in [3.05, 3.63) is 0 Å². The Bertz CT molecular complexity index is 346. The van der Waals surface area contributed by atoms with Crippen molar-refractivity contribution in [2.75, 3.05) is 39.3 Å². The molecule has 6 heteroatoms. The van der Waals surface area contributed by atoms with Crippen LogP contribution in [0.5, 0.6) is 0 Å². The highest BCUT2D eigenvalue weighted by atomic mass is 16.5. The van der Waals surface area contributed by atoms with Crippen LogP contribution in [0.25, 0.3) is 0 Å². The van der Waals surface area contributed by atoms with Gasteiger partial charge in [0.2, 0.25) is 0 Å². The fraction of sp³-hybridized carbons (Fsp3) is 0.846. The molecule has 1 N–H and O–H groups in total. The minimum Gasteiger partial charge on any atom is -0.355 e. The molecule has 2 bridgehead atoms. The fourth-order valence-corrected chi connectivity index (χ4v) is 3.06. The van der Waals surface area contributed by atoms with Crippen molar-refractivity contribution in [1.29, 1.82) is 0 Å². The van der Waals surface area contributed by atoms with E-state index in [4.69, 9.17) is 4.74 Å². The number of carbonyl (C=O) groups excluding carboxylic acids is 2. The SMILES string of the molecule is O=C1C2CCC(O2)C(=O)N1CCCN1CCNCC1. The van der Waals surface area contributed by atoms with E-state index in [0.717, 1.165) is 39.1 Å². The van der Waals surface area contributed by atoms with Gasteiger partial charge in [-0.25, -0.2) is 0 Å². The van der Waals surface area contributed by atoms with Crippen molar-refractivity contribution < 1.29 is 14.3 Å². The van der Waals surface area contributed by atoms with Gasteiger partial charge in [0, 0.05) is 32.7 Å². The van der Waals surface area contributed by atoms with Crippen molar-refractivity contribution in [3.63, 3.8) is 0 Å². The summed E-state index contributed by atoms with van der Waals surface area (Å²) < 4.78 is 5.39. The zero-order valence-electron chi connectivity index (χ0n) is 11.1. The average Bonchev–Trinajstić information content (AvgIpc) is 2.89. The number of hydrogen-bond acceptors (Lipinski definition) is 5. The first kappa shape index (κ1) is 13.0. The molecular formula is C13H21N3O3. The summed E-state index contributed by atoms with van der Waals surface area (Å²) in [6, 6.07) is 0. The minimum atomic E-state index is -0.359. The number of piperazine rings is 1. The Morgan fingerprint density at radius 1 is 1.05 bits per heavy atom. The topological polar surface area (TPSA) is 61.9 Å². The van der Waals surface area contributed by atoms with Gasteiger partial charge >= 0.3 is 0 Å². The van der Waals surface area contributed by atoms with Crippen molar-refractivity contribution in [3.8, 4) is 0 Å². The molecule has 3 aliphatic rings. The fourth-order valence-electron chi connectivity index (χ4n) is 3.06. The van der Waals surface area contributed by atoms with Gasteiger partial charge in [-0.3, -0.25) is 14.5 Å². The van der Waals surface area contributed by atoms with Crippen LogP contribution in [0.3, 0.4) is 0 Å². The molecule has 0 aromatic heterocycles. The van der Waals surface area contributed by atoms with Gasteiger partial charge in [0.1, 0.15) is 12.2 Å². The molecule has 2 unspecified atom stereocenters. The van der Waals surface area contributed by atoms with Crippen LogP contribution in [0.4, 0.5) is 0 Å². The highest BCUT2D eigenvalue weighted by molar-refractivity contribution is 6.02. The van der Waals surface area contributed by atoms with E-state index < -0.39 is 0 Å². The second-order valence-electron chi connectivity index (χ2n) is 5.46. The Labute approximate surface area is 113 Å². The van der Waals surface area contributed by atoms with Crippen LogP contribution in [-0.4, -0.2) is 73.1 Å². The van der Waals surface area contributed by atoms with Gasteiger partial charge in [0.15, 0.2) is 0 Å². The van der Waals surface area contributed by atoms with Crippen LogP contribution in [0.2, 0.25) is 0 Å². The lowest BCUT2D eigenvalue weighted by Crippen LogP contribution is -2.52. The molecule has 3 saturated heterocycles. The summed E-state index contributed by atoms with van der Waals surface area (Å²) in [6.45, 7) is 5.65. The summed E-state index contributed by atoms with van der Waals surface area (Å²) in [4.78, 5) is 27.9. The highest BCUT2D eigenvalue weighted by Gasteiger charge is 2.46. The van der Waals surface area contributed by atoms with Crippen LogP contribution >= 0.6 is 0 Å². The molecule has 19 heavy (non-hydrogen) atoms. The van der Waals surface area contributed by atoms with E-state index in [2.05, 4.69) is 10.2 Å². The molecule has 0 aromatic rings. The number of nitrogens with zero attached hydrogens (tertiary/aromatic N) is 2. The quantitative estimate of drug-likeness (QED) is 0.676. The van der Waals surface area contributed by atoms with Crippen LogP contribution < -0.4 is 5.32 Å². The summed E-state index contributed by atoms with van der Waals surface area (Å²) in [5, 5.41) is 3.31. The molecule has 3 heterocycles. The van der Waals surface area contributed by atoms with Crippen molar-refractivity contribution in [2.45, 2.75) is 31.5 Å². The third kappa shape index (κ3) is 2.66. The average molecular weight is 267 g/mol.